The van der Waals surface area contributed by atoms with Crippen LogP contribution in [0.15, 0.2) is 48.5 Å². The van der Waals surface area contributed by atoms with Crippen molar-refractivity contribution in [3.05, 3.63) is 59.7 Å². The van der Waals surface area contributed by atoms with Crippen LogP contribution in [0.5, 0.6) is 0 Å². The van der Waals surface area contributed by atoms with E-state index >= 15 is 0 Å². The summed E-state index contributed by atoms with van der Waals surface area (Å²) < 4.78 is 5.73. The topological polar surface area (TPSA) is 12.5 Å². The van der Waals surface area contributed by atoms with Gasteiger partial charge in [-0.15, -0.1) is 0 Å². The second-order valence-electron chi connectivity index (χ2n) is 6.59. The van der Waals surface area contributed by atoms with Gasteiger partial charge in [-0.1, -0.05) is 48.5 Å². The lowest BCUT2D eigenvalue weighted by Crippen LogP contribution is -2.42. The first-order valence-corrected chi connectivity index (χ1v) is 8.26. The lowest BCUT2D eigenvalue weighted by Gasteiger charge is -2.35. The number of ether oxygens (including phenoxy) is 1. The minimum atomic E-state index is -0.0216. The molecule has 2 heteroatoms. The van der Waals surface area contributed by atoms with E-state index in [0.717, 1.165) is 13.2 Å². The summed E-state index contributed by atoms with van der Waals surface area (Å²) in [5, 5.41) is 0. The van der Waals surface area contributed by atoms with Crippen molar-refractivity contribution in [3.63, 3.8) is 0 Å². The summed E-state index contributed by atoms with van der Waals surface area (Å²) in [6.45, 7) is 4.25. The van der Waals surface area contributed by atoms with Gasteiger partial charge in [-0.05, 0) is 48.2 Å². The van der Waals surface area contributed by atoms with Gasteiger partial charge < -0.3 is 9.64 Å². The fourth-order valence-electron chi connectivity index (χ4n) is 4.36. The Labute approximate surface area is 132 Å². The summed E-state index contributed by atoms with van der Waals surface area (Å²) in [7, 11) is 1.83. The highest BCUT2D eigenvalue weighted by molar-refractivity contribution is 5.81. The number of rotatable bonds is 4. The summed E-state index contributed by atoms with van der Waals surface area (Å²) >= 11 is 0. The molecule has 0 saturated carbocycles. The summed E-state index contributed by atoms with van der Waals surface area (Å²) in [6.07, 6.45) is 2.65. The first-order chi connectivity index (χ1) is 10.8. The van der Waals surface area contributed by atoms with Crippen LogP contribution in [-0.2, 0) is 10.2 Å². The monoisotopic (exact) mass is 293 g/mol. The molecular formula is C20H23NO. The van der Waals surface area contributed by atoms with Crippen LogP contribution in [0.1, 0.15) is 24.0 Å². The van der Waals surface area contributed by atoms with Crippen molar-refractivity contribution >= 4 is 0 Å². The average Bonchev–Trinajstić information content (AvgIpc) is 3.15. The molecule has 1 heterocycles. The first-order valence-electron chi connectivity index (χ1n) is 8.26. The maximum Gasteiger partial charge on any atom is 0.0612 e. The van der Waals surface area contributed by atoms with Crippen molar-refractivity contribution in [1.82, 2.24) is 4.90 Å². The lowest BCUT2D eigenvalue weighted by molar-refractivity contribution is 0.125. The zero-order valence-corrected chi connectivity index (χ0v) is 13.2. The first kappa shape index (κ1) is 14.0. The smallest absolute Gasteiger partial charge is 0.0612 e. The molecule has 2 aliphatic rings. The lowest BCUT2D eigenvalue weighted by atomic mass is 9.78. The number of methoxy groups -OCH3 is 1. The van der Waals surface area contributed by atoms with Gasteiger partial charge in [-0.2, -0.15) is 0 Å². The van der Waals surface area contributed by atoms with E-state index in [2.05, 4.69) is 53.4 Å². The van der Waals surface area contributed by atoms with Crippen LogP contribution in [0.4, 0.5) is 0 Å². The molecule has 0 spiro atoms. The van der Waals surface area contributed by atoms with Gasteiger partial charge >= 0.3 is 0 Å². The Morgan fingerprint density at radius 1 is 0.909 bits per heavy atom. The van der Waals surface area contributed by atoms with Crippen LogP contribution in [0, 0.1) is 0 Å². The molecule has 0 aromatic heterocycles. The molecule has 4 rings (SSSR count). The molecule has 1 fully saturated rings. The Balaban J connectivity index is 1.88. The molecule has 1 aliphatic carbocycles. The molecule has 2 aromatic rings. The number of nitrogens with zero attached hydrogens (tertiary/aromatic N) is 1. The summed E-state index contributed by atoms with van der Waals surface area (Å²) in [4.78, 5) is 2.61. The number of fused-ring (bicyclic) bond motifs is 3. The maximum atomic E-state index is 5.73. The highest BCUT2D eigenvalue weighted by Crippen LogP contribution is 2.49. The van der Waals surface area contributed by atoms with Crippen LogP contribution >= 0.6 is 0 Å². The number of benzene rings is 2. The zero-order valence-electron chi connectivity index (χ0n) is 13.2. The van der Waals surface area contributed by atoms with Crippen molar-refractivity contribution in [1.29, 1.82) is 0 Å². The summed E-state index contributed by atoms with van der Waals surface area (Å²) in [6, 6.07) is 17.7. The quantitative estimate of drug-likeness (QED) is 0.852. The zero-order chi connectivity index (χ0) is 15.0. The SMILES string of the molecule is COCC1(CN2CCCC2)c2ccccc2-c2ccccc21. The molecule has 1 aliphatic heterocycles. The van der Waals surface area contributed by atoms with E-state index in [4.69, 9.17) is 4.74 Å². The second kappa shape index (κ2) is 5.53. The largest absolute Gasteiger partial charge is 0.383 e. The fraction of sp³-hybridized carbons (Fsp3) is 0.400. The Kier molecular flexibility index (Phi) is 3.51. The van der Waals surface area contributed by atoms with Gasteiger partial charge in [0, 0.05) is 13.7 Å². The summed E-state index contributed by atoms with van der Waals surface area (Å²) in [5.41, 5.74) is 5.62. The highest BCUT2D eigenvalue weighted by Gasteiger charge is 2.44. The molecule has 0 N–H and O–H groups in total. The van der Waals surface area contributed by atoms with Gasteiger partial charge in [0.25, 0.3) is 0 Å². The molecule has 0 radical (unpaired) electrons. The van der Waals surface area contributed by atoms with Gasteiger partial charge in [0.2, 0.25) is 0 Å². The third kappa shape index (κ3) is 2.02. The molecule has 2 nitrogen and oxygen atoms in total. The molecule has 22 heavy (non-hydrogen) atoms. The van der Waals surface area contributed by atoms with E-state index in [9.17, 15) is 0 Å². The molecule has 2 aromatic carbocycles. The van der Waals surface area contributed by atoms with E-state index in [1.54, 1.807) is 0 Å². The van der Waals surface area contributed by atoms with Crippen molar-refractivity contribution in [2.24, 2.45) is 0 Å². The third-order valence-electron chi connectivity index (χ3n) is 5.26. The molecule has 0 unspecified atom stereocenters. The molecule has 0 bridgehead atoms. The maximum absolute atomic E-state index is 5.73. The molecule has 114 valence electrons. The van der Waals surface area contributed by atoms with Crippen molar-refractivity contribution in [3.8, 4) is 11.1 Å². The van der Waals surface area contributed by atoms with E-state index in [0.29, 0.717) is 0 Å². The van der Waals surface area contributed by atoms with E-state index in [-0.39, 0.29) is 5.41 Å². The van der Waals surface area contributed by atoms with Gasteiger partial charge in [0.05, 0.1) is 12.0 Å². The minimum absolute atomic E-state index is 0.0216. The molecule has 1 saturated heterocycles. The number of likely N-dealkylation sites (tertiary alicyclic amines) is 1. The van der Waals surface area contributed by atoms with E-state index < -0.39 is 0 Å². The van der Waals surface area contributed by atoms with Crippen molar-refractivity contribution < 1.29 is 4.74 Å². The van der Waals surface area contributed by atoms with Crippen LogP contribution < -0.4 is 0 Å². The minimum Gasteiger partial charge on any atom is -0.383 e. The number of hydrogen-bond acceptors (Lipinski definition) is 2. The standard InChI is InChI=1S/C20H23NO/c1-22-15-20(14-21-12-6-7-13-21)18-10-4-2-8-16(18)17-9-3-5-11-19(17)20/h2-5,8-11H,6-7,12-15H2,1H3. The third-order valence-corrected chi connectivity index (χ3v) is 5.26. The van der Waals surface area contributed by atoms with Crippen LogP contribution in [0.3, 0.4) is 0 Å². The van der Waals surface area contributed by atoms with Gasteiger partial charge in [-0.25, -0.2) is 0 Å². The van der Waals surface area contributed by atoms with Crippen molar-refractivity contribution in [2.45, 2.75) is 18.3 Å². The Morgan fingerprint density at radius 2 is 1.45 bits per heavy atom. The van der Waals surface area contributed by atoms with Gasteiger partial charge in [-0.3, -0.25) is 0 Å². The highest BCUT2D eigenvalue weighted by atomic mass is 16.5. The Bertz CT molecular complexity index is 627. The van der Waals surface area contributed by atoms with Gasteiger partial charge in [0.1, 0.15) is 0 Å². The predicted molar refractivity (Wildman–Crippen MR) is 90.2 cm³/mol. The fourth-order valence-corrected chi connectivity index (χ4v) is 4.36. The van der Waals surface area contributed by atoms with Gasteiger partial charge in [0.15, 0.2) is 0 Å². The van der Waals surface area contributed by atoms with Crippen LogP contribution in [0.25, 0.3) is 11.1 Å². The average molecular weight is 293 g/mol. The Hall–Kier alpha value is -1.64. The predicted octanol–water partition coefficient (Wildman–Crippen LogP) is 3.70. The van der Waals surface area contributed by atoms with E-state index in [1.807, 2.05) is 7.11 Å². The second-order valence-corrected chi connectivity index (χ2v) is 6.59. The Morgan fingerprint density at radius 3 is 2.00 bits per heavy atom. The summed E-state index contributed by atoms with van der Waals surface area (Å²) in [5.74, 6) is 0. The normalized spacial score (nSPS) is 19.1. The van der Waals surface area contributed by atoms with Crippen molar-refractivity contribution in [2.75, 3.05) is 33.4 Å². The molecular weight excluding hydrogens is 270 g/mol. The molecule has 0 amide bonds. The number of hydrogen-bond donors (Lipinski definition) is 0. The van der Waals surface area contributed by atoms with Crippen LogP contribution in [0.2, 0.25) is 0 Å². The van der Waals surface area contributed by atoms with E-state index in [1.165, 1.54) is 48.2 Å². The van der Waals surface area contributed by atoms with Crippen LogP contribution in [-0.4, -0.2) is 38.3 Å². The molecule has 0 atom stereocenters.